The number of aromatic amines is 1. The summed E-state index contributed by atoms with van der Waals surface area (Å²) >= 11 is 1.39. The zero-order chi connectivity index (χ0) is 13.3. The van der Waals surface area contributed by atoms with Crippen LogP contribution in [0.1, 0.15) is 17.5 Å². The summed E-state index contributed by atoms with van der Waals surface area (Å²) < 4.78 is 0. The molecule has 4 nitrogen and oxygen atoms in total. The predicted molar refractivity (Wildman–Crippen MR) is 74.7 cm³/mol. The number of thiazole rings is 1. The zero-order valence-corrected chi connectivity index (χ0v) is 11.0. The van der Waals surface area contributed by atoms with E-state index in [2.05, 4.69) is 27.0 Å². The first kappa shape index (κ1) is 11.9. The van der Waals surface area contributed by atoms with E-state index in [0.717, 1.165) is 16.5 Å². The van der Waals surface area contributed by atoms with Crippen LogP contribution in [0.15, 0.2) is 36.0 Å². The average molecular weight is 269 g/mol. The van der Waals surface area contributed by atoms with E-state index < -0.39 is 5.60 Å². The Morgan fingerprint density at radius 2 is 2.32 bits per heavy atom. The largest absolute Gasteiger partial charge is 0.371 e. The molecule has 1 unspecified atom stereocenters. The highest BCUT2D eigenvalue weighted by Crippen LogP contribution is 2.21. The van der Waals surface area contributed by atoms with Gasteiger partial charge in [-0.1, -0.05) is 11.8 Å². The van der Waals surface area contributed by atoms with Crippen molar-refractivity contribution in [2.75, 3.05) is 0 Å². The molecule has 0 aliphatic rings. The van der Waals surface area contributed by atoms with Crippen molar-refractivity contribution in [3.63, 3.8) is 0 Å². The van der Waals surface area contributed by atoms with Gasteiger partial charge in [-0.15, -0.1) is 11.3 Å². The van der Waals surface area contributed by atoms with Crippen molar-refractivity contribution in [3.8, 4) is 11.8 Å². The van der Waals surface area contributed by atoms with Gasteiger partial charge in [-0.05, 0) is 25.1 Å². The number of hydrogen-bond acceptors (Lipinski definition) is 4. The van der Waals surface area contributed by atoms with Crippen LogP contribution in [0.2, 0.25) is 0 Å². The number of H-pyrrole nitrogens is 1. The number of nitrogens with one attached hydrogen (secondary N) is 1. The summed E-state index contributed by atoms with van der Waals surface area (Å²) in [6.45, 7) is 1.65. The Morgan fingerprint density at radius 3 is 3.11 bits per heavy atom. The molecule has 0 saturated carbocycles. The van der Waals surface area contributed by atoms with Crippen molar-refractivity contribution < 1.29 is 5.11 Å². The van der Waals surface area contributed by atoms with Gasteiger partial charge in [-0.3, -0.25) is 5.10 Å². The maximum absolute atomic E-state index is 10.3. The Balaban J connectivity index is 1.94. The molecule has 0 amide bonds. The first-order valence-corrected chi connectivity index (χ1v) is 6.62. The molecule has 0 saturated heterocycles. The van der Waals surface area contributed by atoms with E-state index >= 15 is 0 Å². The molecule has 1 aromatic carbocycles. The normalized spacial score (nSPS) is 13.8. The van der Waals surface area contributed by atoms with Crippen LogP contribution < -0.4 is 0 Å². The lowest BCUT2D eigenvalue weighted by atomic mass is 10.1. The average Bonchev–Trinajstić information content (AvgIpc) is 3.07. The number of nitrogens with zero attached hydrogens (tertiary/aromatic N) is 2. The van der Waals surface area contributed by atoms with Crippen LogP contribution >= 0.6 is 11.3 Å². The first-order valence-electron chi connectivity index (χ1n) is 5.74. The molecule has 0 fully saturated rings. The maximum atomic E-state index is 10.3. The van der Waals surface area contributed by atoms with E-state index in [1.54, 1.807) is 19.3 Å². The monoisotopic (exact) mass is 269 g/mol. The van der Waals surface area contributed by atoms with Crippen LogP contribution in [0.3, 0.4) is 0 Å². The molecule has 5 heteroatoms. The summed E-state index contributed by atoms with van der Waals surface area (Å²) in [7, 11) is 0. The van der Waals surface area contributed by atoms with Crippen LogP contribution in [0.4, 0.5) is 0 Å². The number of aliphatic hydroxyl groups is 1. The minimum atomic E-state index is -1.23. The fourth-order valence-electron chi connectivity index (χ4n) is 1.73. The predicted octanol–water partition coefficient (Wildman–Crippen LogP) is 2.28. The van der Waals surface area contributed by atoms with E-state index in [-0.39, 0.29) is 0 Å². The molecule has 0 aliphatic heterocycles. The Bertz CT molecular complexity index is 763. The lowest BCUT2D eigenvalue weighted by Crippen LogP contribution is -2.17. The van der Waals surface area contributed by atoms with Crippen LogP contribution in [0.5, 0.6) is 0 Å². The molecule has 94 valence electrons. The Kier molecular flexibility index (Phi) is 2.82. The minimum Gasteiger partial charge on any atom is -0.371 e. The Morgan fingerprint density at radius 1 is 1.42 bits per heavy atom. The number of hydrogen-bond donors (Lipinski definition) is 2. The third-order valence-corrected chi connectivity index (χ3v) is 3.72. The molecule has 3 aromatic rings. The number of rotatable bonds is 1. The summed E-state index contributed by atoms with van der Waals surface area (Å²) in [6.07, 6.45) is 3.42. The Hall–Kier alpha value is -2.16. The molecule has 3 rings (SSSR count). The number of benzene rings is 1. The maximum Gasteiger partial charge on any atom is 0.174 e. The van der Waals surface area contributed by atoms with E-state index in [9.17, 15) is 5.11 Å². The smallest absolute Gasteiger partial charge is 0.174 e. The highest BCUT2D eigenvalue weighted by Gasteiger charge is 2.22. The van der Waals surface area contributed by atoms with Gasteiger partial charge in [0.25, 0.3) is 0 Å². The summed E-state index contributed by atoms with van der Waals surface area (Å²) in [5.41, 5.74) is 0.533. The van der Waals surface area contributed by atoms with Gasteiger partial charge in [-0.2, -0.15) is 5.10 Å². The molecule has 0 bridgehead atoms. The standard InChI is InChI=1S/C14H11N3OS/c1-14(18,13-15-6-7-19-13)5-4-10-2-3-11-9-16-17-12(11)8-10/h2-3,6-9,18H,1H3,(H,16,17). The van der Waals surface area contributed by atoms with Crippen molar-refractivity contribution in [3.05, 3.63) is 46.5 Å². The van der Waals surface area contributed by atoms with Gasteiger partial charge in [0.1, 0.15) is 5.01 Å². The minimum absolute atomic E-state index is 0.600. The van der Waals surface area contributed by atoms with E-state index in [4.69, 9.17) is 0 Å². The quantitative estimate of drug-likeness (QED) is 0.666. The van der Waals surface area contributed by atoms with Gasteiger partial charge in [0.05, 0.1) is 11.7 Å². The molecule has 19 heavy (non-hydrogen) atoms. The van der Waals surface area contributed by atoms with Crippen LogP contribution in [-0.4, -0.2) is 20.3 Å². The molecule has 2 heterocycles. The van der Waals surface area contributed by atoms with Gasteiger partial charge >= 0.3 is 0 Å². The topological polar surface area (TPSA) is 61.8 Å². The van der Waals surface area contributed by atoms with Crippen LogP contribution in [-0.2, 0) is 5.60 Å². The molecule has 2 N–H and O–H groups in total. The van der Waals surface area contributed by atoms with Gasteiger partial charge in [0.15, 0.2) is 5.60 Å². The van der Waals surface area contributed by atoms with Gasteiger partial charge in [-0.25, -0.2) is 4.98 Å². The van der Waals surface area contributed by atoms with Crippen molar-refractivity contribution in [2.45, 2.75) is 12.5 Å². The summed E-state index contributed by atoms with van der Waals surface area (Å²) in [5.74, 6) is 5.83. The molecule has 0 aliphatic carbocycles. The second kappa shape index (κ2) is 4.50. The van der Waals surface area contributed by atoms with Gasteiger partial charge < -0.3 is 5.11 Å². The zero-order valence-electron chi connectivity index (χ0n) is 10.2. The summed E-state index contributed by atoms with van der Waals surface area (Å²) in [5, 5.41) is 20.6. The van der Waals surface area contributed by atoms with Crippen molar-refractivity contribution >= 4 is 22.2 Å². The molecular weight excluding hydrogens is 258 g/mol. The SMILES string of the molecule is CC(O)(C#Cc1ccc2cn[nH]c2c1)c1nccs1. The highest BCUT2D eigenvalue weighted by atomic mass is 32.1. The van der Waals surface area contributed by atoms with Gasteiger partial charge in [0, 0.05) is 22.5 Å². The van der Waals surface area contributed by atoms with Crippen LogP contribution in [0.25, 0.3) is 10.9 Å². The third-order valence-electron chi connectivity index (χ3n) is 2.74. The van der Waals surface area contributed by atoms with Crippen molar-refractivity contribution in [1.29, 1.82) is 0 Å². The Labute approximate surface area is 114 Å². The summed E-state index contributed by atoms with van der Waals surface area (Å²) in [6, 6.07) is 5.76. The molecule has 0 radical (unpaired) electrons. The first-order chi connectivity index (χ1) is 9.15. The number of fused-ring (bicyclic) bond motifs is 1. The van der Waals surface area contributed by atoms with E-state index in [0.29, 0.717) is 5.01 Å². The summed E-state index contributed by atoms with van der Waals surface area (Å²) in [4.78, 5) is 4.09. The second-order valence-electron chi connectivity index (χ2n) is 4.33. The molecular formula is C14H11N3OS. The third kappa shape index (κ3) is 2.36. The van der Waals surface area contributed by atoms with E-state index in [1.807, 2.05) is 23.6 Å². The van der Waals surface area contributed by atoms with Crippen molar-refractivity contribution in [2.24, 2.45) is 0 Å². The lowest BCUT2D eigenvalue weighted by molar-refractivity contribution is 0.122. The molecule has 1 atom stereocenters. The van der Waals surface area contributed by atoms with Crippen LogP contribution in [0, 0.1) is 11.8 Å². The highest BCUT2D eigenvalue weighted by molar-refractivity contribution is 7.09. The second-order valence-corrected chi connectivity index (χ2v) is 5.23. The van der Waals surface area contributed by atoms with E-state index in [1.165, 1.54) is 11.3 Å². The van der Waals surface area contributed by atoms with Gasteiger partial charge in [0.2, 0.25) is 0 Å². The molecule has 0 spiro atoms. The fourth-order valence-corrected chi connectivity index (χ4v) is 2.38. The van der Waals surface area contributed by atoms with Crippen molar-refractivity contribution in [1.82, 2.24) is 15.2 Å². The number of aromatic nitrogens is 3. The fraction of sp³-hybridized carbons (Fsp3) is 0.143. The molecule has 2 aromatic heterocycles. The lowest BCUT2D eigenvalue weighted by Gasteiger charge is -2.11.